The minimum absolute atomic E-state index is 0.426. The van der Waals surface area contributed by atoms with E-state index in [1.807, 2.05) is 6.07 Å². The molecule has 1 atom stereocenters. The van der Waals surface area contributed by atoms with Crippen molar-refractivity contribution in [3.8, 4) is 6.07 Å². The van der Waals surface area contributed by atoms with Crippen molar-refractivity contribution in [3.05, 3.63) is 29.8 Å². The Morgan fingerprint density at radius 3 is 2.42 bits per heavy atom. The number of hydrogen-bond acceptors (Lipinski definition) is 4. The number of benzene rings is 1. The number of nitrogens with zero attached hydrogens (tertiary/aromatic N) is 1. The van der Waals surface area contributed by atoms with Crippen LogP contribution in [-0.4, -0.2) is 34.4 Å². The van der Waals surface area contributed by atoms with Crippen LogP contribution in [0, 0.1) is 11.3 Å². The molecule has 1 aromatic carbocycles. The molecule has 0 saturated heterocycles. The Bertz CT molecular complexity index is 517. The minimum atomic E-state index is -2.03. The number of carbonyl (C=O) groups excluding carboxylic acids is 1. The zero-order valence-electron chi connectivity index (χ0n) is 10.2. The number of rotatable bonds is 4. The smallest absolute Gasteiger partial charge is 0.337 e. The summed E-state index contributed by atoms with van der Waals surface area (Å²) < 4.78 is 0. The van der Waals surface area contributed by atoms with Crippen LogP contribution in [0.15, 0.2) is 24.3 Å². The van der Waals surface area contributed by atoms with Crippen LogP contribution in [0.1, 0.15) is 12.5 Å². The van der Waals surface area contributed by atoms with Crippen molar-refractivity contribution in [2.24, 2.45) is 0 Å². The molecule has 7 nitrogen and oxygen atoms in total. The van der Waals surface area contributed by atoms with E-state index in [9.17, 15) is 14.7 Å². The maximum absolute atomic E-state index is 11.4. The van der Waals surface area contributed by atoms with Crippen molar-refractivity contribution < 1.29 is 19.8 Å². The zero-order valence-corrected chi connectivity index (χ0v) is 10.2. The molecule has 0 spiro atoms. The fraction of sp³-hybridized carbons (Fsp3) is 0.250. The predicted molar refractivity (Wildman–Crippen MR) is 66.4 cm³/mol. The van der Waals surface area contributed by atoms with E-state index in [0.29, 0.717) is 11.3 Å². The SMILES string of the molecule is CC(O)(CNC(=O)Nc1ccc(C#N)cc1)C(=O)O. The first-order valence-corrected chi connectivity index (χ1v) is 5.36. The van der Waals surface area contributed by atoms with Crippen molar-refractivity contribution in [3.63, 3.8) is 0 Å². The van der Waals surface area contributed by atoms with E-state index in [-0.39, 0.29) is 0 Å². The standard InChI is InChI=1S/C12H13N3O4/c1-12(19,10(16)17)7-14-11(18)15-9-4-2-8(6-13)3-5-9/h2-5,19H,7H2,1H3,(H,16,17)(H2,14,15,18). The molecule has 7 heteroatoms. The van der Waals surface area contributed by atoms with Crippen LogP contribution >= 0.6 is 0 Å². The number of carboxylic acids is 1. The first-order chi connectivity index (χ1) is 8.85. The van der Waals surface area contributed by atoms with Gasteiger partial charge in [-0.2, -0.15) is 5.26 Å². The van der Waals surface area contributed by atoms with Crippen molar-refractivity contribution >= 4 is 17.7 Å². The molecule has 0 saturated carbocycles. The summed E-state index contributed by atoms with van der Waals surface area (Å²) in [7, 11) is 0. The van der Waals surface area contributed by atoms with Gasteiger partial charge in [-0.05, 0) is 31.2 Å². The molecule has 19 heavy (non-hydrogen) atoms. The van der Waals surface area contributed by atoms with Crippen LogP contribution in [0.25, 0.3) is 0 Å². The van der Waals surface area contributed by atoms with Crippen LogP contribution in [0.5, 0.6) is 0 Å². The molecule has 0 fully saturated rings. The minimum Gasteiger partial charge on any atom is -0.479 e. The number of carbonyl (C=O) groups is 2. The topological polar surface area (TPSA) is 122 Å². The van der Waals surface area contributed by atoms with Gasteiger partial charge in [-0.15, -0.1) is 0 Å². The fourth-order valence-corrected chi connectivity index (χ4v) is 1.13. The fourth-order valence-electron chi connectivity index (χ4n) is 1.13. The lowest BCUT2D eigenvalue weighted by atomic mass is 10.1. The molecule has 1 unspecified atom stereocenters. The molecule has 0 heterocycles. The molecule has 0 radical (unpaired) electrons. The van der Waals surface area contributed by atoms with Crippen molar-refractivity contribution in [1.82, 2.24) is 5.32 Å². The summed E-state index contributed by atoms with van der Waals surface area (Å²) in [5.74, 6) is -1.42. The van der Waals surface area contributed by atoms with E-state index >= 15 is 0 Å². The summed E-state index contributed by atoms with van der Waals surface area (Å²) in [6.45, 7) is 0.655. The monoisotopic (exact) mass is 263 g/mol. The molecule has 100 valence electrons. The third-order valence-electron chi connectivity index (χ3n) is 2.33. The van der Waals surface area contributed by atoms with E-state index < -0.39 is 24.1 Å². The first-order valence-electron chi connectivity index (χ1n) is 5.36. The van der Waals surface area contributed by atoms with Gasteiger partial charge >= 0.3 is 12.0 Å². The average Bonchev–Trinajstić information content (AvgIpc) is 2.37. The van der Waals surface area contributed by atoms with Crippen LogP contribution in [0.3, 0.4) is 0 Å². The Hall–Kier alpha value is -2.59. The number of aliphatic carboxylic acids is 1. The van der Waals surface area contributed by atoms with Gasteiger partial charge in [0.15, 0.2) is 5.60 Å². The highest BCUT2D eigenvalue weighted by Crippen LogP contribution is 2.08. The van der Waals surface area contributed by atoms with E-state index in [2.05, 4.69) is 10.6 Å². The van der Waals surface area contributed by atoms with Gasteiger partial charge in [0.25, 0.3) is 0 Å². The highest BCUT2D eigenvalue weighted by molar-refractivity contribution is 5.90. The average molecular weight is 263 g/mol. The summed E-state index contributed by atoms with van der Waals surface area (Å²) >= 11 is 0. The van der Waals surface area contributed by atoms with E-state index in [1.165, 1.54) is 24.3 Å². The molecule has 0 aromatic heterocycles. The van der Waals surface area contributed by atoms with Crippen LogP contribution < -0.4 is 10.6 Å². The van der Waals surface area contributed by atoms with E-state index in [4.69, 9.17) is 10.4 Å². The zero-order chi connectivity index (χ0) is 14.5. The van der Waals surface area contributed by atoms with Gasteiger partial charge in [0.2, 0.25) is 0 Å². The largest absolute Gasteiger partial charge is 0.479 e. The molecular formula is C12H13N3O4. The van der Waals surface area contributed by atoms with Gasteiger partial charge in [-0.25, -0.2) is 9.59 Å². The number of aliphatic hydroxyl groups is 1. The summed E-state index contributed by atoms with van der Waals surface area (Å²) in [6.07, 6.45) is 0. The highest BCUT2D eigenvalue weighted by Gasteiger charge is 2.30. The van der Waals surface area contributed by atoms with Gasteiger partial charge in [0.05, 0.1) is 18.2 Å². The van der Waals surface area contributed by atoms with Gasteiger partial charge in [0.1, 0.15) is 0 Å². The van der Waals surface area contributed by atoms with Crippen LogP contribution in [0.2, 0.25) is 0 Å². The highest BCUT2D eigenvalue weighted by atomic mass is 16.4. The molecule has 0 aliphatic carbocycles. The third-order valence-corrected chi connectivity index (χ3v) is 2.33. The Balaban J connectivity index is 2.52. The van der Waals surface area contributed by atoms with Gasteiger partial charge < -0.3 is 20.8 Å². The lowest BCUT2D eigenvalue weighted by Gasteiger charge is -2.18. The first kappa shape index (κ1) is 14.5. The van der Waals surface area contributed by atoms with E-state index in [0.717, 1.165) is 6.92 Å². The molecule has 1 aromatic rings. The van der Waals surface area contributed by atoms with Crippen molar-refractivity contribution in [1.29, 1.82) is 5.26 Å². The summed E-state index contributed by atoms with van der Waals surface area (Å²) in [5.41, 5.74) is -1.12. The molecule has 0 aliphatic heterocycles. The van der Waals surface area contributed by atoms with Gasteiger partial charge in [0, 0.05) is 5.69 Å². The summed E-state index contributed by atoms with van der Waals surface area (Å²) in [6, 6.07) is 7.42. The molecule has 0 bridgehead atoms. The molecule has 0 aliphatic rings. The number of nitrogens with one attached hydrogen (secondary N) is 2. The number of amides is 2. The molecule has 4 N–H and O–H groups in total. The Morgan fingerprint density at radius 2 is 1.95 bits per heavy atom. The Labute approximate surface area is 109 Å². The third kappa shape index (κ3) is 4.29. The van der Waals surface area contributed by atoms with Gasteiger partial charge in [-0.3, -0.25) is 0 Å². The number of urea groups is 1. The molecule has 2 amide bonds. The predicted octanol–water partition coefficient (Wildman–Crippen LogP) is 0.515. The molecule has 1 rings (SSSR count). The molecular weight excluding hydrogens is 250 g/mol. The summed E-state index contributed by atoms with van der Waals surface area (Å²) in [5, 5.41) is 31.3. The number of anilines is 1. The normalized spacial score (nSPS) is 12.9. The maximum Gasteiger partial charge on any atom is 0.337 e. The van der Waals surface area contributed by atoms with Gasteiger partial charge in [-0.1, -0.05) is 0 Å². The van der Waals surface area contributed by atoms with Crippen LogP contribution in [0.4, 0.5) is 10.5 Å². The van der Waals surface area contributed by atoms with Crippen LogP contribution in [-0.2, 0) is 4.79 Å². The Morgan fingerprint density at radius 1 is 1.37 bits per heavy atom. The lowest BCUT2D eigenvalue weighted by Crippen LogP contribution is -2.47. The quantitative estimate of drug-likeness (QED) is 0.630. The van der Waals surface area contributed by atoms with Crippen molar-refractivity contribution in [2.75, 3.05) is 11.9 Å². The number of carboxylic acid groups (broad SMARTS) is 1. The lowest BCUT2D eigenvalue weighted by molar-refractivity contribution is -0.155. The second kappa shape index (κ2) is 5.84. The number of hydrogen-bond donors (Lipinski definition) is 4. The summed E-state index contributed by atoms with van der Waals surface area (Å²) in [4.78, 5) is 22.1. The number of nitriles is 1. The second-order valence-electron chi connectivity index (χ2n) is 4.08. The van der Waals surface area contributed by atoms with Crippen molar-refractivity contribution in [2.45, 2.75) is 12.5 Å². The maximum atomic E-state index is 11.4. The van der Waals surface area contributed by atoms with E-state index in [1.54, 1.807) is 0 Å². The second-order valence-corrected chi connectivity index (χ2v) is 4.08. The Kier molecular flexibility index (Phi) is 4.45.